The molecule has 0 saturated carbocycles. The van der Waals surface area contributed by atoms with E-state index in [2.05, 4.69) is 9.82 Å². The molecule has 0 aliphatic heterocycles. The van der Waals surface area contributed by atoms with Gasteiger partial charge in [-0.1, -0.05) is 24.3 Å². The number of nitrogens with zero attached hydrogens (tertiary/aromatic N) is 2. The highest BCUT2D eigenvalue weighted by molar-refractivity contribution is 7.77. The maximum Gasteiger partial charge on any atom is 0.274 e. The first-order chi connectivity index (χ1) is 12.0. The van der Waals surface area contributed by atoms with Gasteiger partial charge in [-0.2, -0.15) is 5.10 Å². The van der Waals surface area contributed by atoms with E-state index in [1.54, 1.807) is 32.4 Å². The molecule has 0 aliphatic rings. The minimum Gasteiger partial charge on any atom is -0.497 e. The SMILES string of the molecule is COc1ccc2c(=O)n(C)nc(-c3ccc(CNS(=O)O)cc3)c2c1. The van der Waals surface area contributed by atoms with E-state index in [1.165, 1.54) is 4.68 Å². The van der Waals surface area contributed by atoms with Crippen LogP contribution in [0.4, 0.5) is 0 Å². The molecule has 8 heteroatoms. The van der Waals surface area contributed by atoms with Crippen molar-refractivity contribution in [2.24, 2.45) is 7.05 Å². The van der Waals surface area contributed by atoms with Gasteiger partial charge in [-0.25, -0.2) is 13.6 Å². The highest BCUT2D eigenvalue weighted by atomic mass is 32.2. The van der Waals surface area contributed by atoms with Crippen molar-refractivity contribution in [2.45, 2.75) is 6.54 Å². The van der Waals surface area contributed by atoms with E-state index in [1.807, 2.05) is 24.3 Å². The number of aryl methyl sites for hydroxylation is 1. The van der Waals surface area contributed by atoms with Crippen molar-refractivity contribution in [3.05, 3.63) is 58.4 Å². The Bertz CT molecular complexity index is 999. The lowest BCUT2D eigenvalue weighted by Gasteiger charge is -2.10. The van der Waals surface area contributed by atoms with Gasteiger partial charge in [0, 0.05) is 24.5 Å². The summed E-state index contributed by atoms with van der Waals surface area (Å²) in [7, 11) is 3.19. The third-order valence-electron chi connectivity index (χ3n) is 3.88. The van der Waals surface area contributed by atoms with E-state index < -0.39 is 11.3 Å². The van der Waals surface area contributed by atoms with Crippen molar-refractivity contribution in [1.82, 2.24) is 14.5 Å². The summed E-state index contributed by atoms with van der Waals surface area (Å²) in [6, 6.07) is 12.7. The summed E-state index contributed by atoms with van der Waals surface area (Å²) in [5.74, 6) is 0.648. The van der Waals surface area contributed by atoms with Crippen molar-refractivity contribution >= 4 is 22.0 Å². The van der Waals surface area contributed by atoms with Gasteiger partial charge in [0.25, 0.3) is 5.56 Å². The van der Waals surface area contributed by atoms with Crippen LogP contribution in [0.5, 0.6) is 5.75 Å². The third kappa shape index (κ3) is 3.60. The van der Waals surface area contributed by atoms with E-state index in [9.17, 15) is 9.00 Å². The van der Waals surface area contributed by atoms with Crippen molar-refractivity contribution in [2.75, 3.05) is 7.11 Å². The molecule has 0 radical (unpaired) electrons. The summed E-state index contributed by atoms with van der Waals surface area (Å²) in [6.07, 6.45) is 0. The minimum atomic E-state index is -2.05. The molecule has 2 aromatic carbocycles. The van der Waals surface area contributed by atoms with Crippen LogP contribution >= 0.6 is 0 Å². The van der Waals surface area contributed by atoms with E-state index in [0.29, 0.717) is 22.2 Å². The molecule has 1 aromatic heterocycles. The lowest BCUT2D eigenvalue weighted by atomic mass is 10.0. The molecule has 0 fully saturated rings. The first kappa shape index (κ1) is 17.3. The van der Waals surface area contributed by atoms with Crippen LogP contribution in [0, 0.1) is 0 Å². The number of methoxy groups -OCH3 is 1. The summed E-state index contributed by atoms with van der Waals surface area (Å²) in [6.45, 7) is 0.276. The zero-order valence-corrected chi connectivity index (χ0v) is 14.5. The lowest BCUT2D eigenvalue weighted by molar-refractivity contribution is 0.415. The van der Waals surface area contributed by atoms with Gasteiger partial charge >= 0.3 is 0 Å². The van der Waals surface area contributed by atoms with Crippen LogP contribution in [-0.2, 0) is 24.9 Å². The summed E-state index contributed by atoms with van der Waals surface area (Å²) in [5, 5.41) is 5.67. The van der Waals surface area contributed by atoms with Gasteiger partial charge in [0.05, 0.1) is 18.2 Å². The van der Waals surface area contributed by atoms with E-state index in [-0.39, 0.29) is 12.1 Å². The van der Waals surface area contributed by atoms with E-state index in [0.717, 1.165) is 11.1 Å². The maximum atomic E-state index is 12.3. The molecule has 0 aliphatic carbocycles. The second kappa shape index (κ2) is 7.14. The monoisotopic (exact) mass is 359 g/mol. The van der Waals surface area contributed by atoms with Crippen molar-refractivity contribution in [3.8, 4) is 17.0 Å². The van der Waals surface area contributed by atoms with Gasteiger partial charge in [0.2, 0.25) is 11.3 Å². The molecular formula is C17H17N3O4S. The number of ether oxygens (including phenoxy) is 1. The van der Waals surface area contributed by atoms with Crippen LogP contribution < -0.4 is 15.0 Å². The van der Waals surface area contributed by atoms with Gasteiger partial charge in [-0.3, -0.25) is 9.35 Å². The Kier molecular flexibility index (Phi) is 4.93. The number of aromatic nitrogens is 2. The summed E-state index contributed by atoms with van der Waals surface area (Å²) in [4.78, 5) is 12.3. The number of hydrogen-bond acceptors (Lipinski definition) is 4. The Hall–Kier alpha value is -2.55. The molecule has 2 N–H and O–H groups in total. The van der Waals surface area contributed by atoms with Crippen LogP contribution in [0.15, 0.2) is 47.3 Å². The van der Waals surface area contributed by atoms with Gasteiger partial charge in [0.15, 0.2) is 0 Å². The Morgan fingerprint density at radius 3 is 2.56 bits per heavy atom. The standard InChI is InChI=1S/C17H17N3O4S/c1-20-17(21)14-8-7-13(24-2)9-15(14)16(19-20)12-5-3-11(4-6-12)10-18-25(22)23/h3-9,18H,10H2,1-2H3,(H,22,23). The predicted octanol–water partition coefficient (Wildman–Crippen LogP) is 1.84. The fourth-order valence-electron chi connectivity index (χ4n) is 2.60. The van der Waals surface area contributed by atoms with E-state index in [4.69, 9.17) is 9.29 Å². The highest BCUT2D eigenvalue weighted by Gasteiger charge is 2.12. The Labute approximate surface area is 146 Å². The molecule has 0 bridgehead atoms. The third-order valence-corrected chi connectivity index (χ3v) is 4.27. The zero-order valence-electron chi connectivity index (χ0n) is 13.7. The smallest absolute Gasteiger partial charge is 0.274 e. The van der Waals surface area contributed by atoms with E-state index >= 15 is 0 Å². The highest BCUT2D eigenvalue weighted by Crippen LogP contribution is 2.28. The number of rotatable bonds is 5. The van der Waals surface area contributed by atoms with Crippen LogP contribution in [0.3, 0.4) is 0 Å². The molecule has 130 valence electrons. The maximum absolute atomic E-state index is 12.3. The molecule has 0 spiro atoms. The second-order valence-electron chi connectivity index (χ2n) is 5.46. The summed E-state index contributed by atoms with van der Waals surface area (Å²) in [5.41, 5.74) is 2.19. The molecular weight excluding hydrogens is 342 g/mol. The van der Waals surface area contributed by atoms with Gasteiger partial charge in [-0.15, -0.1) is 0 Å². The zero-order chi connectivity index (χ0) is 18.0. The fraction of sp³-hybridized carbons (Fsp3) is 0.176. The summed E-state index contributed by atoms with van der Waals surface area (Å²) >= 11 is -2.05. The molecule has 3 rings (SSSR count). The predicted molar refractivity (Wildman–Crippen MR) is 96.6 cm³/mol. The molecule has 0 saturated heterocycles. The average Bonchev–Trinajstić information content (AvgIpc) is 2.63. The number of hydrogen-bond donors (Lipinski definition) is 2. The topological polar surface area (TPSA) is 93.5 Å². The Morgan fingerprint density at radius 1 is 1.20 bits per heavy atom. The molecule has 7 nitrogen and oxygen atoms in total. The average molecular weight is 359 g/mol. The summed E-state index contributed by atoms with van der Waals surface area (Å²) < 4.78 is 28.5. The minimum absolute atomic E-state index is 0.173. The van der Waals surface area contributed by atoms with Gasteiger partial charge in [0.1, 0.15) is 5.75 Å². The molecule has 0 amide bonds. The number of benzene rings is 2. The van der Waals surface area contributed by atoms with Crippen molar-refractivity contribution in [1.29, 1.82) is 0 Å². The Balaban J connectivity index is 2.09. The number of fused-ring (bicyclic) bond motifs is 1. The second-order valence-corrected chi connectivity index (χ2v) is 6.24. The molecule has 3 aromatic rings. The van der Waals surface area contributed by atoms with Crippen LogP contribution in [-0.4, -0.2) is 25.7 Å². The number of nitrogens with one attached hydrogen (secondary N) is 1. The van der Waals surface area contributed by atoms with Gasteiger partial charge in [-0.05, 0) is 23.8 Å². The van der Waals surface area contributed by atoms with Crippen LogP contribution in [0.25, 0.3) is 22.0 Å². The largest absolute Gasteiger partial charge is 0.497 e. The molecule has 1 heterocycles. The lowest BCUT2D eigenvalue weighted by Crippen LogP contribution is -2.20. The molecule has 1 unspecified atom stereocenters. The fourth-order valence-corrected chi connectivity index (χ4v) is 2.89. The van der Waals surface area contributed by atoms with Crippen LogP contribution in [0.1, 0.15) is 5.56 Å². The first-order valence-corrected chi connectivity index (χ1v) is 8.59. The Morgan fingerprint density at radius 2 is 1.92 bits per heavy atom. The first-order valence-electron chi connectivity index (χ1n) is 7.48. The van der Waals surface area contributed by atoms with Crippen molar-refractivity contribution in [3.63, 3.8) is 0 Å². The normalized spacial score (nSPS) is 12.3. The van der Waals surface area contributed by atoms with Crippen LogP contribution in [0.2, 0.25) is 0 Å². The van der Waals surface area contributed by atoms with Gasteiger partial charge < -0.3 is 4.74 Å². The molecule has 1 atom stereocenters. The molecule has 25 heavy (non-hydrogen) atoms. The quantitative estimate of drug-likeness (QED) is 0.678. The van der Waals surface area contributed by atoms with Crippen molar-refractivity contribution < 1.29 is 13.5 Å².